The van der Waals surface area contributed by atoms with E-state index in [1.165, 1.54) is 40.1 Å². The van der Waals surface area contributed by atoms with E-state index in [0.29, 0.717) is 31.9 Å². The van der Waals surface area contributed by atoms with Crippen LogP contribution in [-0.4, -0.2) is 47.8 Å². The Hall–Kier alpha value is -2.43. The number of anilines is 1. The topological polar surface area (TPSA) is 66.4 Å². The van der Waals surface area contributed by atoms with Crippen molar-refractivity contribution in [3.63, 3.8) is 0 Å². The minimum absolute atomic E-state index is 0.0849. The molecule has 2 aromatic carbocycles. The molecule has 0 amide bonds. The first-order valence-corrected chi connectivity index (χ1v) is 11.6. The maximum Gasteiger partial charge on any atom is 0.243 e. The minimum Gasteiger partial charge on any atom is -0.344 e. The van der Waals surface area contributed by atoms with Crippen LogP contribution in [0, 0.1) is 11.6 Å². The lowest BCUT2D eigenvalue weighted by atomic mass is 10.1. The molecule has 1 aromatic heterocycles. The maximum absolute atomic E-state index is 13.1. The molecule has 0 spiro atoms. The van der Waals surface area contributed by atoms with E-state index in [0.717, 1.165) is 22.8 Å². The number of halogens is 2. The fraction of sp³-hybridized carbons (Fsp3) is 0.300. The molecule has 158 valence electrons. The predicted molar refractivity (Wildman–Crippen MR) is 111 cm³/mol. The number of aromatic nitrogens is 2. The van der Waals surface area contributed by atoms with Crippen molar-refractivity contribution in [1.29, 1.82) is 0 Å². The van der Waals surface area contributed by atoms with E-state index >= 15 is 0 Å². The van der Waals surface area contributed by atoms with E-state index in [2.05, 4.69) is 9.36 Å². The van der Waals surface area contributed by atoms with Crippen molar-refractivity contribution in [3.8, 4) is 0 Å². The molecule has 0 bridgehead atoms. The van der Waals surface area contributed by atoms with Crippen LogP contribution in [0.3, 0.4) is 0 Å². The third kappa shape index (κ3) is 4.35. The van der Waals surface area contributed by atoms with Crippen molar-refractivity contribution < 1.29 is 17.2 Å². The second kappa shape index (κ2) is 8.37. The van der Waals surface area contributed by atoms with Crippen molar-refractivity contribution in [3.05, 3.63) is 71.6 Å². The number of sulfonamides is 1. The first kappa shape index (κ1) is 20.8. The predicted octanol–water partition coefficient (Wildman–Crippen LogP) is 3.31. The molecule has 1 unspecified atom stereocenters. The summed E-state index contributed by atoms with van der Waals surface area (Å²) in [6.07, 6.45) is 0.505. The standard InChI is InChI=1S/C20H20F2N4O2S2/c1-14-13-25(10-11-26(14)30(27,28)18-8-6-17(22)7-9-18)20-23-19(24-29-20)12-15-2-4-16(21)5-3-15/h2-9,14H,10-13H2,1H3. The third-order valence-electron chi connectivity index (χ3n) is 4.99. The molecular formula is C20H20F2N4O2S2. The van der Waals surface area contributed by atoms with E-state index in [4.69, 9.17) is 0 Å². The molecule has 2 heterocycles. The average molecular weight is 451 g/mol. The summed E-state index contributed by atoms with van der Waals surface area (Å²) in [6.45, 7) is 3.10. The van der Waals surface area contributed by atoms with Crippen LogP contribution in [-0.2, 0) is 16.4 Å². The van der Waals surface area contributed by atoms with Crippen LogP contribution in [0.25, 0.3) is 0 Å². The molecule has 0 saturated carbocycles. The zero-order valence-corrected chi connectivity index (χ0v) is 17.8. The van der Waals surface area contributed by atoms with Gasteiger partial charge < -0.3 is 4.90 Å². The Balaban J connectivity index is 1.44. The van der Waals surface area contributed by atoms with Crippen LogP contribution in [0.5, 0.6) is 0 Å². The molecule has 1 aliphatic heterocycles. The van der Waals surface area contributed by atoms with Gasteiger partial charge in [0.25, 0.3) is 0 Å². The van der Waals surface area contributed by atoms with E-state index in [1.807, 2.05) is 11.8 Å². The Labute approximate surface area is 178 Å². The number of rotatable bonds is 5. The van der Waals surface area contributed by atoms with Gasteiger partial charge in [-0.2, -0.15) is 8.68 Å². The van der Waals surface area contributed by atoms with Crippen LogP contribution in [0.15, 0.2) is 53.4 Å². The molecule has 0 aliphatic carbocycles. The molecule has 10 heteroatoms. The fourth-order valence-corrected chi connectivity index (χ4v) is 5.78. The summed E-state index contributed by atoms with van der Waals surface area (Å²) < 4.78 is 57.9. The number of piperazine rings is 1. The van der Waals surface area contributed by atoms with Gasteiger partial charge in [0.1, 0.15) is 17.5 Å². The Morgan fingerprint density at radius 3 is 2.30 bits per heavy atom. The quantitative estimate of drug-likeness (QED) is 0.597. The minimum atomic E-state index is -3.70. The smallest absolute Gasteiger partial charge is 0.243 e. The van der Waals surface area contributed by atoms with Gasteiger partial charge in [-0.1, -0.05) is 12.1 Å². The zero-order chi connectivity index (χ0) is 21.3. The highest BCUT2D eigenvalue weighted by Crippen LogP contribution is 2.26. The highest BCUT2D eigenvalue weighted by molar-refractivity contribution is 7.89. The van der Waals surface area contributed by atoms with Gasteiger partial charge in [-0.15, -0.1) is 0 Å². The summed E-state index contributed by atoms with van der Waals surface area (Å²) in [6, 6.07) is 10.8. The molecule has 6 nitrogen and oxygen atoms in total. The van der Waals surface area contributed by atoms with Gasteiger partial charge in [0.2, 0.25) is 15.2 Å². The lowest BCUT2D eigenvalue weighted by Gasteiger charge is -2.38. The first-order chi connectivity index (χ1) is 14.3. The van der Waals surface area contributed by atoms with Gasteiger partial charge >= 0.3 is 0 Å². The Morgan fingerprint density at radius 1 is 1.03 bits per heavy atom. The molecule has 3 aromatic rings. The van der Waals surface area contributed by atoms with Gasteiger partial charge in [-0.3, -0.25) is 0 Å². The van der Waals surface area contributed by atoms with Crippen molar-refractivity contribution in [1.82, 2.24) is 13.7 Å². The third-order valence-corrected chi connectivity index (χ3v) is 7.83. The van der Waals surface area contributed by atoms with Gasteiger partial charge in [0.15, 0.2) is 0 Å². The zero-order valence-electron chi connectivity index (χ0n) is 16.2. The molecule has 1 atom stereocenters. The number of benzene rings is 2. The lowest BCUT2D eigenvalue weighted by molar-refractivity contribution is 0.306. The summed E-state index contributed by atoms with van der Waals surface area (Å²) in [7, 11) is -3.70. The van der Waals surface area contributed by atoms with E-state index in [9.17, 15) is 17.2 Å². The molecule has 1 saturated heterocycles. The molecule has 0 N–H and O–H groups in total. The van der Waals surface area contributed by atoms with Crippen molar-refractivity contribution in [2.75, 3.05) is 24.5 Å². The molecule has 4 rings (SSSR count). The van der Waals surface area contributed by atoms with Crippen molar-refractivity contribution in [2.24, 2.45) is 0 Å². The molecule has 1 aliphatic rings. The van der Waals surface area contributed by atoms with Gasteiger partial charge in [0, 0.05) is 43.6 Å². The first-order valence-electron chi connectivity index (χ1n) is 9.42. The van der Waals surface area contributed by atoms with Crippen LogP contribution in [0.4, 0.5) is 13.9 Å². The molecule has 0 radical (unpaired) electrons. The second-order valence-corrected chi connectivity index (χ2v) is 9.78. The van der Waals surface area contributed by atoms with Gasteiger partial charge in [-0.05, 0) is 48.9 Å². The van der Waals surface area contributed by atoms with Crippen molar-refractivity contribution >= 4 is 26.7 Å². The molecule has 30 heavy (non-hydrogen) atoms. The summed E-state index contributed by atoms with van der Waals surface area (Å²) in [5, 5.41) is 0.734. The van der Waals surface area contributed by atoms with Crippen molar-refractivity contribution in [2.45, 2.75) is 24.3 Å². The molecular weight excluding hydrogens is 430 g/mol. The number of hydrogen-bond acceptors (Lipinski definition) is 6. The Kier molecular flexibility index (Phi) is 5.81. The highest BCUT2D eigenvalue weighted by Gasteiger charge is 2.34. The Bertz CT molecular complexity index is 1120. The monoisotopic (exact) mass is 450 g/mol. The maximum atomic E-state index is 13.1. The SMILES string of the molecule is CC1CN(c2nc(Cc3ccc(F)cc3)ns2)CCN1S(=O)(=O)c1ccc(F)cc1. The van der Waals surface area contributed by atoms with Crippen LogP contribution < -0.4 is 4.90 Å². The summed E-state index contributed by atoms with van der Waals surface area (Å²) in [5.41, 5.74) is 0.921. The van der Waals surface area contributed by atoms with Gasteiger partial charge in [-0.25, -0.2) is 22.2 Å². The van der Waals surface area contributed by atoms with E-state index in [1.54, 1.807) is 12.1 Å². The highest BCUT2D eigenvalue weighted by atomic mass is 32.2. The average Bonchev–Trinajstić information content (AvgIpc) is 3.18. The van der Waals surface area contributed by atoms with E-state index < -0.39 is 15.8 Å². The number of hydrogen-bond donors (Lipinski definition) is 0. The normalized spacial score (nSPS) is 18.0. The van der Waals surface area contributed by atoms with Crippen LogP contribution in [0.2, 0.25) is 0 Å². The van der Waals surface area contributed by atoms with Crippen LogP contribution in [0.1, 0.15) is 18.3 Å². The van der Waals surface area contributed by atoms with E-state index in [-0.39, 0.29) is 16.8 Å². The largest absolute Gasteiger partial charge is 0.344 e. The Morgan fingerprint density at radius 2 is 1.67 bits per heavy atom. The van der Waals surface area contributed by atoms with Crippen LogP contribution >= 0.6 is 11.5 Å². The molecule has 1 fully saturated rings. The summed E-state index contributed by atoms with van der Waals surface area (Å²) in [4.78, 5) is 6.68. The lowest BCUT2D eigenvalue weighted by Crippen LogP contribution is -2.54. The van der Waals surface area contributed by atoms with Gasteiger partial charge in [0.05, 0.1) is 4.90 Å². The second-order valence-electron chi connectivity index (χ2n) is 7.16. The summed E-state index contributed by atoms with van der Waals surface area (Å²) in [5.74, 6) is -0.108. The fourth-order valence-electron chi connectivity index (χ4n) is 3.44. The summed E-state index contributed by atoms with van der Waals surface area (Å²) >= 11 is 1.27. The number of nitrogens with zero attached hydrogens (tertiary/aromatic N) is 4.